The van der Waals surface area contributed by atoms with E-state index in [-0.39, 0.29) is 28.5 Å². The predicted octanol–water partition coefficient (Wildman–Crippen LogP) is 2.07. The molecule has 2 heterocycles. The van der Waals surface area contributed by atoms with Gasteiger partial charge in [-0.1, -0.05) is 25.7 Å². The number of rotatable bonds is 2. The third-order valence-electron chi connectivity index (χ3n) is 5.21. The van der Waals surface area contributed by atoms with Crippen LogP contribution in [-0.2, 0) is 0 Å². The summed E-state index contributed by atoms with van der Waals surface area (Å²) in [6, 6.07) is 1.96. The van der Waals surface area contributed by atoms with E-state index in [9.17, 15) is 19.2 Å². The molecule has 0 amide bonds. The van der Waals surface area contributed by atoms with Gasteiger partial charge < -0.3 is 0 Å². The average Bonchev–Trinajstić information content (AvgIpc) is 3.32. The number of nitrogens with one attached hydrogen (secondary N) is 2. The molecule has 9 heteroatoms. The Balaban J connectivity index is 0.000000156. The molecule has 27 heavy (non-hydrogen) atoms. The summed E-state index contributed by atoms with van der Waals surface area (Å²) < 4.78 is 3.68. The molecule has 0 saturated heterocycles. The summed E-state index contributed by atoms with van der Waals surface area (Å²) in [5.74, 6) is 0. The fourth-order valence-corrected chi connectivity index (χ4v) is 4.13. The highest BCUT2D eigenvalue weighted by Crippen LogP contribution is 2.28. The lowest BCUT2D eigenvalue weighted by atomic mass is 10.2. The first-order chi connectivity index (χ1) is 13.0. The van der Waals surface area contributed by atoms with Gasteiger partial charge in [0.25, 0.3) is 11.1 Å². The molecule has 2 N–H and O–H groups in total. The van der Waals surface area contributed by atoms with Gasteiger partial charge >= 0.3 is 11.4 Å². The Morgan fingerprint density at radius 2 is 1.33 bits per heavy atom. The second-order valence-corrected chi connectivity index (χ2v) is 7.89. The van der Waals surface area contributed by atoms with Crippen LogP contribution in [0.3, 0.4) is 0 Å². The van der Waals surface area contributed by atoms with Crippen molar-refractivity contribution in [3.8, 4) is 0 Å². The maximum atomic E-state index is 11.5. The van der Waals surface area contributed by atoms with E-state index in [1.807, 2.05) is 0 Å². The summed E-state index contributed by atoms with van der Waals surface area (Å²) in [5.41, 5.74) is -1.26. The van der Waals surface area contributed by atoms with Gasteiger partial charge in [0, 0.05) is 30.5 Å². The molecule has 2 aliphatic rings. The Labute approximate surface area is 163 Å². The normalized spacial score (nSPS) is 17.7. The standard InChI is InChI=1S/C9H11BrN2O2.C9H12N2O2/c10-7-5-12(6-3-1-2-4-6)9(14)11-8(7)13;12-8-5-6-11(9(13)10-8)7-3-1-2-4-7/h5-6H,1-4H2,(H,11,13,14);5-7H,1-4H2,(H,10,12,13). The molecule has 8 nitrogen and oxygen atoms in total. The van der Waals surface area contributed by atoms with Gasteiger partial charge in [-0.3, -0.25) is 28.7 Å². The summed E-state index contributed by atoms with van der Waals surface area (Å²) >= 11 is 3.12. The quantitative estimate of drug-likeness (QED) is 0.747. The molecule has 2 saturated carbocycles. The monoisotopic (exact) mass is 438 g/mol. The van der Waals surface area contributed by atoms with E-state index in [0.717, 1.165) is 38.5 Å². The van der Waals surface area contributed by atoms with Crippen LogP contribution in [0.4, 0.5) is 0 Å². The zero-order chi connectivity index (χ0) is 19.4. The highest BCUT2D eigenvalue weighted by atomic mass is 79.9. The maximum absolute atomic E-state index is 11.5. The van der Waals surface area contributed by atoms with E-state index in [4.69, 9.17) is 0 Å². The van der Waals surface area contributed by atoms with E-state index >= 15 is 0 Å². The molecule has 146 valence electrons. The van der Waals surface area contributed by atoms with Crippen LogP contribution in [0.1, 0.15) is 63.5 Å². The lowest BCUT2D eigenvalue weighted by Gasteiger charge is -2.12. The number of halogens is 1. The molecule has 0 aliphatic heterocycles. The Hall–Kier alpha value is -2.16. The first-order valence-corrected chi connectivity index (χ1v) is 10.1. The Bertz CT molecular complexity index is 1010. The van der Waals surface area contributed by atoms with Gasteiger partial charge in [0.05, 0.1) is 4.47 Å². The summed E-state index contributed by atoms with van der Waals surface area (Å²) in [6.45, 7) is 0. The Kier molecular flexibility index (Phi) is 6.30. The van der Waals surface area contributed by atoms with Crippen LogP contribution in [0.5, 0.6) is 0 Å². The molecule has 2 fully saturated rings. The third kappa shape index (κ3) is 4.77. The second-order valence-electron chi connectivity index (χ2n) is 7.04. The maximum Gasteiger partial charge on any atom is 0.328 e. The molecule has 2 aromatic heterocycles. The Morgan fingerprint density at radius 1 is 0.815 bits per heavy atom. The molecular formula is C18H23BrN4O4. The van der Waals surface area contributed by atoms with Crippen molar-refractivity contribution in [3.05, 3.63) is 64.6 Å². The van der Waals surface area contributed by atoms with Gasteiger partial charge in [-0.2, -0.15) is 0 Å². The highest BCUT2D eigenvalue weighted by Gasteiger charge is 2.19. The van der Waals surface area contributed by atoms with Crippen molar-refractivity contribution in [2.24, 2.45) is 0 Å². The smallest absolute Gasteiger partial charge is 0.298 e. The van der Waals surface area contributed by atoms with Crippen LogP contribution in [0.15, 0.2) is 42.1 Å². The SMILES string of the molecule is O=c1[nH]c(=O)n(C2CCCC2)cc1Br.O=c1ccn(C2CCCC2)c(=O)[nH]1. The predicted molar refractivity (Wildman–Crippen MR) is 105 cm³/mol. The van der Waals surface area contributed by atoms with Gasteiger partial charge in [0.15, 0.2) is 0 Å². The van der Waals surface area contributed by atoms with Crippen LogP contribution >= 0.6 is 15.9 Å². The lowest BCUT2D eigenvalue weighted by Crippen LogP contribution is -2.31. The number of H-pyrrole nitrogens is 2. The van der Waals surface area contributed by atoms with E-state index in [2.05, 4.69) is 25.9 Å². The number of hydrogen-bond donors (Lipinski definition) is 2. The topological polar surface area (TPSA) is 110 Å². The fourth-order valence-electron chi connectivity index (χ4n) is 3.81. The molecule has 0 unspecified atom stereocenters. The summed E-state index contributed by atoms with van der Waals surface area (Å²) in [7, 11) is 0. The van der Waals surface area contributed by atoms with E-state index in [1.54, 1.807) is 21.5 Å². The molecular weight excluding hydrogens is 416 g/mol. The van der Waals surface area contributed by atoms with Crippen LogP contribution in [0.2, 0.25) is 0 Å². The van der Waals surface area contributed by atoms with Gasteiger partial charge in [-0.25, -0.2) is 9.59 Å². The fraction of sp³-hybridized carbons (Fsp3) is 0.556. The minimum Gasteiger partial charge on any atom is -0.298 e. The molecule has 0 aromatic carbocycles. The third-order valence-corrected chi connectivity index (χ3v) is 5.78. The van der Waals surface area contributed by atoms with Crippen LogP contribution in [-0.4, -0.2) is 19.1 Å². The minimum atomic E-state index is -0.357. The highest BCUT2D eigenvalue weighted by molar-refractivity contribution is 9.10. The largest absolute Gasteiger partial charge is 0.328 e. The van der Waals surface area contributed by atoms with Crippen molar-refractivity contribution in [2.45, 2.75) is 63.5 Å². The van der Waals surface area contributed by atoms with Crippen molar-refractivity contribution in [1.29, 1.82) is 0 Å². The van der Waals surface area contributed by atoms with Crippen molar-refractivity contribution >= 4 is 15.9 Å². The van der Waals surface area contributed by atoms with Crippen LogP contribution in [0.25, 0.3) is 0 Å². The molecule has 2 aromatic rings. The molecule has 0 spiro atoms. The summed E-state index contributed by atoms with van der Waals surface area (Å²) in [4.78, 5) is 49.2. The first-order valence-electron chi connectivity index (χ1n) is 9.28. The average molecular weight is 439 g/mol. The van der Waals surface area contributed by atoms with Gasteiger partial charge in [0.2, 0.25) is 0 Å². The van der Waals surface area contributed by atoms with E-state index in [1.165, 1.54) is 18.9 Å². The van der Waals surface area contributed by atoms with Crippen molar-refractivity contribution < 1.29 is 0 Å². The zero-order valence-electron chi connectivity index (χ0n) is 14.9. The number of hydrogen-bond acceptors (Lipinski definition) is 4. The van der Waals surface area contributed by atoms with Crippen molar-refractivity contribution in [1.82, 2.24) is 19.1 Å². The Morgan fingerprint density at radius 3 is 1.89 bits per heavy atom. The van der Waals surface area contributed by atoms with Crippen molar-refractivity contribution in [2.75, 3.05) is 0 Å². The van der Waals surface area contributed by atoms with Gasteiger partial charge in [-0.15, -0.1) is 0 Å². The van der Waals surface area contributed by atoms with Gasteiger partial charge in [0.1, 0.15) is 0 Å². The zero-order valence-corrected chi connectivity index (χ0v) is 16.5. The number of nitrogens with zero attached hydrogens (tertiary/aromatic N) is 2. The van der Waals surface area contributed by atoms with Crippen LogP contribution in [0, 0.1) is 0 Å². The summed E-state index contributed by atoms with van der Waals surface area (Å²) in [5, 5.41) is 0. The summed E-state index contributed by atoms with van der Waals surface area (Å²) in [6.07, 6.45) is 12.0. The lowest BCUT2D eigenvalue weighted by molar-refractivity contribution is 0.489. The second kappa shape index (κ2) is 8.69. The molecule has 0 atom stereocenters. The first kappa shape index (κ1) is 19.6. The molecule has 0 radical (unpaired) electrons. The molecule has 2 aliphatic carbocycles. The molecule has 0 bridgehead atoms. The van der Waals surface area contributed by atoms with E-state index in [0.29, 0.717) is 10.5 Å². The molecule has 4 rings (SSSR count). The van der Waals surface area contributed by atoms with Crippen molar-refractivity contribution in [3.63, 3.8) is 0 Å². The number of aromatic amines is 2. The minimum absolute atomic E-state index is 0.260. The number of aromatic nitrogens is 4. The van der Waals surface area contributed by atoms with Crippen LogP contribution < -0.4 is 22.5 Å². The van der Waals surface area contributed by atoms with E-state index < -0.39 is 0 Å². The van der Waals surface area contributed by atoms with Gasteiger partial charge in [-0.05, 0) is 41.6 Å².